The Kier molecular flexibility index (Phi) is 10.7. The largest absolute Gasteiger partial charge is 0.205 e. The molecule has 0 unspecified atom stereocenters. The van der Waals surface area contributed by atoms with Crippen LogP contribution in [0.2, 0.25) is 0 Å². The van der Waals surface area contributed by atoms with Gasteiger partial charge < -0.3 is 0 Å². The molecule has 12 rings (SSSR count). The third-order valence-corrected chi connectivity index (χ3v) is 13.5. The minimum absolute atomic E-state index is 0.153. The predicted molar refractivity (Wildman–Crippen MR) is 282 cm³/mol. The Morgan fingerprint density at radius 1 is 0.143 bits per heavy atom. The fourth-order valence-corrected chi connectivity index (χ4v) is 10.7. The van der Waals surface area contributed by atoms with Crippen molar-refractivity contribution in [2.24, 2.45) is 0 Å². The maximum Gasteiger partial charge on any atom is 0.142 e. The summed E-state index contributed by atoms with van der Waals surface area (Å²) in [5.74, 6) is -4.25. The molecule has 0 radical (unpaired) electrons. The number of fused-ring (bicyclic) bond motifs is 3. The number of rotatable bonds is 8. The van der Waals surface area contributed by atoms with Gasteiger partial charge in [-0.1, -0.05) is 243 Å². The van der Waals surface area contributed by atoms with Crippen LogP contribution in [0, 0.1) is 23.3 Å². The molecule has 0 saturated carbocycles. The zero-order chi connectivity index (χ0) is 47.3. The van der Waals surface area contributed by atoms with Crippen molar-refractivity contribution in [2.45, 2.75) is 0 Å². The van der Waals surface area contributed by atoms with E-state index in [1.54, 1.807) is 0 Å². The molecule has 0 aromatic heterocycles. The number of halogens is 4. The highest BCUT2D eigenvalue weighted by Gasteiger charge is 2.35. The molecule has 0 nitrogen and oxygen atoms in total. The van der Waals surface area contributed by atoms with Crippen LogP contribution in [0.4, 0.5) is 17.6 Å². The number of hydrogen-bond acceptors (Lipinski definition) is 0. The van der Waals surface area contributed by atoms with Gasteiger partial charge in [-0.2, -0.15) is 0 Å². The molecular formula is C66H40F4. The van der Waals surface area contributed by atoms with Crippen LogP contribution in [0.25, 0.3) is 121 Å². The van der Waals surface area contributed by atoms with Crippen LogP contribution in [0.15, 0.2) is 243 Å². The van der Waals surface area contributed by atoms with E-state index in [0.717, 1.165) is 22.3 Å². The molecule has 0 saturated heterocycles. The molecule has 0 aliphatic carbocycles. The van der Waals surface area contributed by atoms with Crippen LogP contribution in [-0.4, -0.2) is 0 Å². The third kappa shape index (κ3) is 6.83. The standard InChI is InChI=1S/C66H40F4/c67-63-57-53(45-33-17-5-18-34-45)49(41-25-9-1-10-26-41)50(42-27-11-2-12-28-42)54(46-35-19-6-20-36-46)58(57)64(68)62-61(63)65(69)59-55(47-37-21-7-22-38-47)51(43-29-13-3-14-30-43)52(44-31-15-4-16-32-44)56(60(59)66(62)70)48-39-23-8-24-40-48/h1-40H. The van der Waals surface area contributed by atoms with Gasteiger partial charge in [-0.05, 0) is 66.8 Å². The summed E-state index contributed by atoms with van der Waals surface area (Å²) in [4.78, 5) is 0. The fourth-order valence-electron chi connectivity index (χ4n) is 10.7. The minimum atomic E-state index is -1.06. The highest BCUT2D eigenvalue weighted by atomic mass is 19.1. The molecule has 0 fully saturated rings. The van der Waals surface area contributed by atoms with Gasteiger partial charge >= 0.3 is 0 Å². The molecule has 70 heavy (non-hydrogen) atoms. The van der Waals surface area contributed by atoms with E-state index in [2.05, 4.69) is 0 Å². The van der Waals surface area contributed by atoms with Crippen LogP contribution in [0.5, 0.6) is 0 Å². The van der Waals surface area contributed by atoms with Crippen molar-refractivity contribution in [2.75, 3.05) is 0 Å². The molecule has 0 spiro atoms. The Balaban J connectivity index is 1.41. The summed E-state index contributed by atoms with van der Waals surface area (Å²) in [5.41, 5.74) is 9.21. The van der Waals surface area contributed by atoms with Crippen molar-refractivity contribution in [3.8, 4) is 89.0 Å². The molecular weight excluding hydrogens is 869 g/mol. The number of hydrogen-bond donors (Lipinski definition) is 0. The quantitative estimate of drug-likeness (QED) is 0.105. The molecule has 332 valence electrons. The summed E-state index contributed by atoms with van der Waals surface area (Å²) < 4.78 is 77.0. The molecule has 0 atom stereocenters. The maximum atomic E-state index is 19.2. The Morgan fingerprint density at radius 2 is 0.271 bits per heavy atom. The van der Waals surface area contributed by atoms with Crippen molar-refractivity contribution in [1.29, 1.82) is 0 Å². The Hall–Kier alpha value is -8.86. The fraction of sp³-hybridized carbons (Fsp3) is 0. The summed E-state index contributed by atoms with van der Waals surface area (Å²) >= 11 is 0. The monoisotopic (exact) mass is 908 g/mol. The molecule has 0 N–H and O–H groups in total. The van der Waals surface area contributed by atoms with Crippen molar-refractivity contribution >= 4 is 32.3 Å². The first-order valence-corrected chi connectivity index (χ1v) is 23.3. The van der Waals surface area contributed by atoms with Gasteiger partial charge in [0.05, 0.1) is 10.8 Å². The average Bonchev–Trinajstić information content (AvgIpc) is 3.43. The Morgan fingerprint density at radius 3 is 0.414 bits per heavy atom. The molecule has 12 aromatic rings. The van der Waals surface area contributed by atoms with E-state index in [1.807, 2.05) is 243 Å². The average molecular weight is 909 g/mol. The summed E-state index contributed by atoms with van der Waals surface area (Å²) in [7, 11) is 0. The lowest BCUT2D eigenvalue weighted by Gasteiger charge is -2.27. The second kappa shape index (κ2) is 17.7. The summed E-state index contributed by atoms with van der Waals surface area (Å²) in [5, 5.41) is -2.14. The van der Waals surface area contributed by atoms with Crippen LogP contribution >= 0.6 is 0 Å². The lowest BCUT2D eigenvalue weighted by molar-refractivity contribution is 0.597. The molecule has 0 aliphatic rings. The van der Waals surface area contributed by atoms with E-state index in [-0.39, 0.29) is 21.5 Å². The van der Waals surface area contributed by atoms with Crippen LogP contribution in [-0.2, 0) is 0 Å². The van der Waals surface area contributed by atoms with Gasteiger partial charge in [0.1, 0.15) is 23.3 Å². The van der Waals surface area contributed by atoms with Crippen molar-refractivity contribution in [3.63, 3.8) is 0 Å². The van der Waals surface area contributed by atoms with E-state index in [0.29, 0.717) is 66.8 Å². The van der Waals surface area contributed by atoms with Crippen molar-refractivity contribution in [3.05, 3.63) is 266 Å². The highest BCUT2D eigenvalue weighted by molar-refractivity contribution is 6.26. The first-order chi connectivity index (χ1) is 34.5. The normalized spacial score (nSPS) is 11.4. The maximum absolute atomic E-state index is 19.2. The molecule has 4 heteroatoms. The second-order valence-electron chi connectivity index (χ2n) is 17.4. The van der Waals surface area contributed by atoms with E-state index >= 15 is 17.6 Å². The molecule has 0 heterocycles. The SMILES string of the molecule is Fc1c2c(-c3ccccc3)c(-c3ccccc3)c(-c3ccccc3)c(-c3ccccc3)c2c(F)c2c(F)c3c(-c4ccccc4)c(-c4ccccc4)c(-c4ccccc4)c(-c4ccccc4)c3c(F)c12. The summed E-state index contributed by atoms with van der Waals surface area (Å²) in [6.07, 6.45) is 0. The smallest absolute Gasteiger partial charge is 0.142 e. The van der Waals surface area contributed by atoms with Crippen LogP contribution in [0.3, 0.4) is 0 Å². The molecule has 0 bridgehead atoms. The lowest BCUT2D eigenvalue weighted by atomic mass is 9.76. The Labute approximate surface area is 403 Å². The zero-order valence-electron chi connectivity index (χ0n) is 37.6. The van der Waals surface area contributed by atoms with E-state index in [4.69, 9.17) is 0 Å². The first-order valence-electron chi connectivity index (χ1n) is 23.3. The van der Waals surface area contributed by atoms with E-state index < -0.39 is 34.0 Å². The highest BCUT2D eigenvalue weighted by Crippen LogP contribution is 2.57. The van der Waals surface area contributed by atoms with E-state index in [1.165, 1.54) is 0 Å². The van der Waals surface area contributed by atoms with Crippen molar-refractivity contribution < 1.29 is 17.6 Å². The van der Waals surface area contributed by atoms with Gasteiger partial charge in [-0.25, -0.2) is 17.6 Å². The van der Waals surface area contributed by atoms with Crippen LogP contribution in [0.1, 0.15) is 0 Å². The summed E-state index contributed by atoms with van der Waals surface area (Å²) in [6, 6.07) is 75.6. The van der Waals surface area contributed by atoms with Gasteiger partial charge in [-0.3, -0.25) is 0 Å². The van der Waals surface area contributed by atoms with Gasteiger partial charge in [0.25, 0.3) is 0 Å². The lowest BCUT2D eigenvalue weighted by Crippen LogP contribution is -2.06. The zero-order valence-corrected chi connectivity index (χ0v) is 37.6. The molecule has 12 aromatic carbocycles. The van der Waals surface area contributed by atoms with E-state index in [9.17, 15) is 0 Å². The topological polar surface area (TPSA) is 0 Å². The molecule has 0 aliphatic heterocycles. The van der Waals surface area contributed by atoms with Crippen molar-refractivity contribution in [1.82, 2.24) is 0 Å². The first kappa shape index (κ1) is 42.5. The molecule has 0 amide bonds. The minimum Gasteiger partial charge on any atom is -0.205 e. The van der Waals surface area contributed by atoms with Crippen LogP contribution < -0.4 is 0 Å². The van der Waals surface area contributed by atoms with Gasteiger partial charge in [0.15, 0.2) is 0 Å². The van der Waals surface area contributed by atoms with Gasteiger partial charge in [-0.15, -0.1) is 0 Å². The Bertz CT molecular complexity index is 3390. The third-order valence-electron chi connectivity index (χ3n) is 13.5. The summed E-state index contributed by atoms with van der Waals surface area (Å²) in [6.45, 7) is 0. The predicted octanol–water partition coefficient (Wildman–Crippen LogP) is 19.0. The van der Waals surface area contributed by atoms with Gasteiger partial charge in [0, 0.05) is 43.8 Å². The van der Waals surface area contributed by atoms with Gasteiger partial charge in [0.2, 0.25) is 0 Å². The number of benzene rings is 12. The second-order valence-corrected chi connectivity index (χ2v) is 17.4.